The highest BCUT2D eigenvalue weighted by molar-refractivity contribution is 7.10. The number of nitrogen functional groups attached to an aromatic ring is 1. The van der Waals surface area contributed by atoms with Crippen LogP contribution in [0.5, 0.6) is 5.75 Å². The van der Waals surface area contributed by atoms with E-state index in [1.165, 1.54) is 0 Å². The number of hydrogen-bond donors (Lipinski definition) is 2. The lowest BCUT2D eigenvalue weighted by molar-refractivity contribution is -0.120. The second kappa shape index (κ2) is 6.80. The molecule has 1 aromatic heterocycles. The average Bonchev–Trinajstić information content (AvgIpc) is 2.89. The Kier molecular flexibility index (Phi) is 4.80. The summed E-state index contributed by atoms with van der Waals surface area (Å²) in [4.78, 5) is 12.7. The Morgan fingerprint density at radius 1 is 1.26 bits per heavy atom. The number of para-hydroxylation sites is 2. The summed E-state index contributed by atoms with van der Waals surface area (Å²) in [6.45, 7) is 0.878. The molecule has 4 nitrogen and oxygen atoms in total. The molecule has 19 heavy (non-hydrogen) atoms. The number of benzene rings is 1. The summed E-state index contributed by atoms with van der Waals surface area (Å²) in [5, 5.41) is 4.77. The molecule has 0 aliphatic rings. The van der Waals surface area contributed by atoms with Crippen LogP contribution < -0.4 is 15.8 Å². The van der Waals surface area contributed by atoms with Gasteiger partial charge in [0.25, 0.3) is 0 Å². The summed E-state index contributed by atoms with van der Waals surface area (Å²) in [5.41, 5.74) is 6.35. The van der Waals surface area contributed by atoms with Gasteiger partial charge in [-0.15, -0.1) is 11.3 Å². The minimum atomic E-state index is 0.00656. The fraction of sp³-hybridized carbons (Fsp3) is 0.214. The maximum Gasteiger partial charge on any atom is 0.225 e. The lowest BCUT2D eigenvalue weighted by Crippen LogP contribution is -2.29. The molecular weight excluding hydrogens is 260 g/mol. The maximum atomic E-state index is 11.6. The van der Waals surface area contributed by atoms with Crippen LogP contribution in [-0.4, -0.2) is 19.1 Å². The highest BCUT2D eigenvalue weighted by atomic mass is 32.1. The minimum absolute atomic E-state index is 0.00656. The highest BCUT2D eigenvalue weighted by Crippen LogP contribution is 2.19. The Labute approximate surface area is 116 Å². The summed E-state index contributed by atoms with van der Waals surface area (Å²) in [5.74, 6) is 0.655. The molecule has 0 fully saturated rings. The standard InChI is InChI=1S/C14H16N2O2S/c15-12-5-1-2-6-13(12)18-8-7-16-14(17)10-11-4-3-9-19-11/h1-6,9H,7-8,10,15H2,(H,16,17). The number of carbonyl (C=O) groups excluding carboxylic acids is 1. The van der Waals surface area contributed by atoms with Gasteiger partial charge in [-0.25, -0.2) is 0 Å². The first-order valence-corrected chi connectivity index (χ1v) is 6.90. The molecule has 0 saturated carbocycles. The zero-order valence-electron chi connectivity index (χ0n) is 10.5. The number of nitrogens with two attached hydrogens (primary N) is 1. The van der Waals surface area contributed by atoms with E-state index in [4.69, 9.17) is 10.5 Å². The van der Waals surface area contributed by atoms with Crippen LogP contribution in [0.1, 0.15) is 4.88 Å². The zero-order valence-corrected chi connectivity index (χ0v) is 11.3. The molecule has 0 saturated heterocycles. The van der Waals surface area contributed by atoms with Gasteiger partial charge in [0.05, 0.1) is 18.7 Å². The lowest BCUT2D eigenvalue weighted by Gasteiger charge is -2.09. The molecule has 0 aliphatic heterocycles. The first-order valence-electron chi connectivity index (χ1n) is 6.02. The van der Waals surface area contributed by atoms with Crippen LogP contribution in [0.4, 0.5) is 5.69 Å². The van der Waals surface area contributed by atoms with E-state index in [1.807, 2.05) is 35.7 Å². The van der Waals surface area contributed by atoms with Gasteiger partial charge in [-0.3, -0.25) is 4.79 Å². The minimum Gasteiger partial charge on any atom is -0.490 e. The molecule has 1 heterocycles. The molecule has 100 valence electrons. The summed E-state index contributed by atoms with van der Waals surface area (Å²) < 4.78 is 5.49. The Hall–Kier alpha value is -2.01. The van der Waals surface area contributed by atoms with Crippen molar-refractivity contribution in [1.82, 2.24) is 5.32 Å². The first kappa shape index (κ1) is 13.4. The molecule has 1 amide bonds. The van der Waals surface area contributed by atoms with Crippen LogP contribution in [0, 0.1) is 0 Å². The van der Waals surface area contributed by atoms with E-state index < -0.39 is 0 Å². The third kappa shape index (κ3) is 4.30. The van der Waals surface area contributed by atoms with E-state index >= 15 is 0 Å². The lowest BCUT2D eigenvalue weighted by atomic mass is 10.3. The summed E-state index contributed by atoms with van der Waals surface area (Å²) >= 11 is 1.58. The molecule has 0 spiro atoms. The van der Waals surface area contributed by atoms with Gasteiger partial charge in [0, 0.05) is 4.88 Å². The van der Waals surface area contributed by atoms with Crippen molar-refractivity contribution < 1.29 is 9.53 Å². The number of amides is 1. The fourth-order valence-corrected chi connectivity index (χ4v) is 2.30. The van der Waals surface area contributed by atoms with Crippen molar-refractivity contribution >= 4 is 22.9 Å². The largest absolute Gasteiger partial charge is 0.490 e. The molecule has 0 bridgehead atoms. The van der Waals surface area contributed by atoms with Crippen molar-refractivity contribution in [2.75, 3.05) is 18.9 Å². The van der Waals surface area contributed by atoms with Crippen LogP contribution in [0.15, 0.2) is 41.8 Å². The molecule has 1 aromatic carbocycles. The molecule has 0 unspecified atom stereocenters. The number of ether oxygens (including phenoxy) is 1. The van der Waals surface area contributed by atoms with Crippen molar-refractivity contribution in [2.24, 2.45) is 0 Å². The predicted molar refractivity (Wildman–Crippen MR) is 77.4 cm³/mol. The van der Waals surface area contributed by atoms with Crippen molar-refractivity contribution in [3.63, 3.8) is 0 Å². The fourth-order valence-electron chi connectivity index (χ4n) is 1.60. The van der Waals surface area contributed by atoms with Crippen molar-refractivity contribution in [2.45, 2.75) is 6.42 Å². The van der Waals surface area contributed by atoms with E-state index in [1.54, 1.807) is 17.4 Å². The maximum absolute atomic E-state index is 11.6. The quantitative estimate of drug-likeness (QED) is 0.627. The van der Waals surface area contributed by atoms with Crippen LogP contribution in [0.25, 0.3) is 0 Å². The van der Waals surface area contributed by atoms with E-state index in [2.05, 4.69) is 5.32 Å². The SMILES string of the molecule is Nc1ccccc1OCCNC(=O)Cc1cccs1. The average molecular weight is 276 g/mol. The number of anilines is 1. The molecule has 2 aromatic rings. The third-order valence-corrected chi connectivity index (χ3v) is 3.39. The smallest absolute Gasteiger partial charge is 0.225 e. The van der Waals surface area contributed by atoms with E-state index in [0.29, 0.717) is 31.0 Å². The molecule has 3 N–H and O–H groups in total. The number of thiophene rings is 1. The van der Waals surface area contributed by atoms with Gasteiger partial charge in [-0.1, -0.05) is 18.2 Å². The van der Waals surface area contributed by atoms with Crippen molar-refractivity contribution in [3.8, 4) is 5.75 Å². The normalized spacial score (nSPS) is 10.1. The van der Waals surface area contributed by atoms with Gasteiger partial charge in [0.15, 0.2) is 0 Å². The first-order chi connectivity index (χ1) is 9.25. The number of hydrogen-bond acceptors (Lipinski definition) is 4. The van der Waals surface area contributed by atoms with Gasteiger partial charge < -0.3 is 15.8 Å². The number of rotatable bonds is 6. The molecule has 5 heteroatoms. The second-order valence-corrected chi connectivity index (χ2v) is 5.02. The molecule has 0 atom stereocenters. The summed E-state index contributed by atoms with van der Waals surface area (Å²) in [7, 11) is 0. The summed E-state index contributed by atoms with van der Waals surface area (Å²) in [6, 6.07) is 11.2. The third-order valence-electron chi connectivity index (χ3n) is 2.52. The molecule has 0 radical (unpaired) electrons. The predicted octanol–water partition coefficient (Wildman–Crippen LogP) is 2.07. The number of nitrogens with one attached hydrogen (secondary N) is 1. The summed E-state index contributed by atoms with van der Waals surface area (Å²) in [6.07, 6.45) is 0.422. The van der Waals surface area contributed by atoms with E-state index in [9.17, 15) is 4.79 Å². The van der Waals surface area contributed by atoms with E-state index in [-0.39, 0.29) is 5.91 Å². The molecular formula is C14H16N2O2S. The topological polar surface area (TPSA) is 64.3 Å². The highest BCUT2D eigenvalue weighted by Gasteiger charge is 2.04. The van der Waals surface area contributed by atoms with Gasteiger partial charge in [0.2, 0.25) is 5.91 Å². The van der Waals surface area contributed by atoms with Crippen LogP contribution in [-0.2, 0) is 11.2 Å². The second-order valence-electron chi connectivity index (χ2n) is 3.99. The Morgan fingerprint density at radius 3 is 2.84 bits per heavy atom. The Bertz CT molecular complexity index is 526. The zero-order chi connectivity index (χ0) is 13.5. The van der Waals surface area contributed by atoms with Crippen LogP contribution in [0.2, 0.25) is 0 Å². The van der Waals surface area contributed by atoms with Crippen molar-refractivity contribution in [3.05, 3.63) is 46.7 Å². The molecule has 0 aliphatic carbocycles. The Balaban J connectivity index is 1.67. The van der Waals surface area contributed by atoms with Gasteiger partial charge in [-0.2, -0.15) is 0 Å². The monoisotopic (exact) mass is 276 g/mol. The van der Waals surface area contributed by atoms with Crippen LogP contribution >= 0.6 is 11.3 Å². The van der Waals surface area contributed by atoms with E-state index in [0.717, 1.165) is 4.88 Å². The van der Waals surface area contributed by atoms with Crippen LogP contribution in [0.3, 0.4) is 0 Å². The molecule has 2 rings (SSSR count). The Morgan fingerprint density at radius 2 is 2.11 bits per heavy atom. The van der Waals surface area contributed by atoms with Gasteiger partial charge in [-0.05, 0) is 23.6 Å². The van der Waals surface area contributed by atoms with Gasteiger partial charge >= 0.3 is 0 Å². The van der Waals surface area contributed by atoms with Crippen molar-refractivity contribution in [1.29, 1.82) is 0 Å². The van der Waals surface area contributed by atoms with Gasteiger partial charge in [0.1, 0.15) is 12.4 Å². The number of carbonyl (C=O) groups is 1.